The Morgan fingerprint density at radius 3 is 2.29 bits per heavy atom. The normalized spacial score (nSPS) is 17.7. The number of carbonyl (C=O) groups excluding carboxylic acids is 1. The second-order valence-corrected chi connectivity index (χ2v) is 5.24. The van der Waals surface area contributed by atoms with E-state index >= 15 is 0 Å². The van der Waals surface area contributed by atoms with Crippen LogP contribution < -0.4 is 5.73 Å². The number of amidine groups is 1. The van der Waals surface area contributed by atoms with Gasteiger partial charge in [-0.1, -0.05) is 17.7 Å². The van der Waals surface area contributed by atoms with Crippen molar-refractivity contribution in [3.05, 3.63) is 39.3 Å². The quantitative estimate of drug-likeness (QED) is 0.775. The van der Waals surface area contributed by atoms with Crippen molar-refractivity contribution in [3.63, 3.8) is 0 Å². The van der Waals surface area contributed by atoms with Gasteiger partial charge in [-0.2, -0.15) is 4.99 Å². The lowest BCUT2D eigenvalue weighted by Crippen LogP contribution is -2.01. The van der Waals surface area contributed by atoms with Crippen molar-refractivity contribution in [1.29, 1.82) is 0 Å². The number of nitrogens with zero attached hydrogens (tertiary/aromatic N) is 1. The van der Waals surface area contributed by atoms with E-state index in [0.29, 0.717) is 10.1 Å². The number of hydrogen-bond acceptors (Lipinski definition) is 3. The minimum atomic E-state index is -0.244. The zero-order valence-corrected chi connectivity index (χ0v) is 10.9. The molecule has 0 saturated heterocycles. The third-order valence-corrected chi connectivity index (χ3v) is 3.46. The van der Waals surface area contributed by atoms with Crippen LogP contribution in [0.3, 0.4) is 0 Å². The third-order valence-electron chi connectivity index (χ3n) is 2.65. The first-order valence-corrected chi connectivity index (χ1v) is 6.15. The molecule has 2 rings (SSSR count). The van der Waals surface area contributed by atoms with Crippen LogP contribution in [0.25, 0.3) is 6.08 Å². The van der Waals surface area contributed by atoms with Gasteiger partial charge in [0, 0.05) is 0 Å². The van der Waals surface area contributed by atoms with Crippen LogP contribution >= 0.6 is 11.8 Å². The molecule has 0 unspecified atom stereocenters. The summed E-state index contributed by atoms with van der Waals surface area (Å²) in [5, 5.41) is 0.323. The molecule has 0 bridgehead atoms. The maximum Gasteiger partial charge on any atom is 0.286 e. The van der Waals surface area contributed by atoms with Crippen molar-refractivity contribution in [2.75, 3.05) is 0 Å². The van der Waals surface area contributed by atoms with Crippen molar-refractivity contribution in [2.45, 2.75) is 20.8 Å². The van der Waals surface area contributed by atoms with Gasteiger partial charge < -0.3 is 5.73 Å². The molecule has 1 amide bonds. The summed E-state index contributed by atoms with van der Waals surface area (Å²) >= 11 is 1.23. The average molecular weight is 246 g/mol. The highest BCUT2D eigenvalue weighted by atomic mass is 32.2. The third kappa shape index (κ3) is 2.42. The first-order chi connectivity index (χ1) is 7.97. The Hall–Kier alpha value is -1.55. The second-order valence-electron chi connectivity index (χ2n) is 4.18. The molecule has 0 aliphatic carbocycles. The Kier molecular flexibility index (Phi) is 3.07. The molecule has 17 heavy (non-hydrogen) atoms. The topological polar surface area (TPSA) is 55.4 Å². The second kappa shape index (κ2) is 4.37. The van der Waals surface area contributed by atoms with Crippen molar-refractivity contribution in [1.82, 2.24) is 0 Å². The summed E-state index contributed by atoms with van der Waals surface area (Å²) in [5.41, 5.74) is 10.1. The van der Waals surface area contributed by atoms with Crippen molar-refractivity contribution >= 4 is 28.9 Å². The van der Waals surface area contributed by atoms with E-state index in [9.17, 15) is 4.79 Å². The summed E-state index contributed by atoms with van der Waals surface area (Å²) < 4.78 is 0. The molecule has 0 saturated carbocycles. The van der Waals surface area contributed by atoms with E-state index in [2.05, 4.69) is 24.0 Å². The number of hydrogen-bond donors (Lipinski definition) is 1. The Balaban J connectivity index is 2.44. The zero-order valence-electron chi connectivity index (χ0n) is 10.1. The van der Waals surface area contributed by atoms with Crippen LogP contribution in [0.1, 0.15) is 22.3 Å². The van der Waals surface area contributed by atoms with E-state index in [0.717, 1.165) is 16.7 Å². The first kappa shape index (κ1) is 11.9. The summed E-state index contributed by atoms with van der Waals surface area (Å²) in [5.74, 6) is -0.244. The summed E-state index contributed by atoms with van der Waals surface area (Å²) in [6, 6.07) is 4.21. The Morgan fingerprint density at radius 1 is 1.24 bits per heavy atom. The Labute approximate surface area is 105 Å². The first-order valence-electron chi connectivity index (χ1n) is 5.33. The van der Waals surface area contributed by atoms with Gasteiger partial charge in [-0.25, -0.2) is 0 Å². The SMILES string of the molecule is Cc1cc(C)c(/C=C2\SC(N)=NC2=O)c(C)c1. The van der Waals surface area contributed by atoms with Crippen LogP contribution in [-0.4, -0.2) is 11.1 Å². The lowest BCUT2D eigenvalue weighted by molar-refractivity contribution is -0.113. The van der Waals surface area contributed by atoms with Gasteiger partial charge in [-0.3, -0.25) is 4.79 Å². The Bertz CT molecular complexity index is 536. The van der Waals surface area contributed by atoms with E-state index in [4.69, 9.17) is 5.73 Å². The lowest BCUT2D eigenvalue weighted by atomic mass is 9.99. The lowest BCUT2D eigenvalue weighted by Gasteiger charge is -2.07. The molecule has 0 fully saturated rings. The maximum absolute atomic E-state index is 11.5. The number of aliphatic imine (C=N–C) groups is 1. The highest BCUT2D eigenvalue weighted by Gasteiger charge is 2.20. The average Bonchev–Trinajstić information content (AvgIpc) is 2.51. The van der Waals surface area contributed by atoms with Gasteiger partial charge in [0.15, 0.2) is 5.17 Å². The molecule has 0 aromatic heterocycles. The molecule has 0 atom stereocenters. The van der Waals surface area contributed by atoms with Crippen LogP contribution in [-0.2, 0) is 4.79 Å². The molecular weight excluding hydrogens is 232 g/mol. The summed E-state index contributed by atoms with van der Waals surface area (Å²) in [4.78, 5) is 15.8. The number of rotatable bonds is 1. The van der Waals surface area contributed by atoms with Gasteiger partial charge in [0.2, 0.25) is 0 Å². The summed E-state index contributed by atoms with van der Waals surface area (Å²) in [7, 11) is 0. The molecular formula is C13H14N2OS. The number of carbonyl (C=O) groups is 1. The molecule has 1 heterocycles. The minimum Gasteiger partial charge on any atom is -0.378 e. The highest BCUT2D eigenvalue weighted by Crippen LogP contribution is 2.28. The van der Waals surface area contributed by atoms with Crippen LogP contribution in [0.2, 0.25) is 0 Å². The highest BCUT2D eigenvalue weighted by molar-refractivity contribution is 8.18. The smallest absolute Gasteiger partial charge is 0.286 e. The molecule has 88 valence electrons. The molecule has 3 nitrogen and oxygen atoms in total. The monoisotopic (exact) mass is 246 g/mol. The van der Waals surface area contributed by atoms with Crippen molar-refractivity contribution in [3.8, 4) is 0 Å². The van der Waals surface area contributed by atoms with E-state index in [1.165, 1.54) is 17.3 Å². The fraction of sp³-hybridized carbons (Fsp3) is 0.231. The molecule has 2 N–H and O–H groups in total. The fourth-order valence-electron chi connectivity index (χ4n) is 1.98. The van der Waals surface area contributed by atoms with Gasteiger partial charge >= 0.3 is 0 Å². The van der Waals surface area contributed by atoms with E-state index in [1.54, 1.807) is 0 Å². The van der Waals surface area contributed by atoms with Gasteiger partial charge in [-0.05, 0) is 55.3 Å². The number of amides is 1. The standard InChI is InChI=1S/C13H14N2OS/c1-7-4-8(2)10(9(3)5-7)6-11-12(16)15-13(14)17-11/h4-6H,1-3H3,(H2,14,15,16)/b11-6-. The number of thioether (sulfide) groups is 1. The van der Waals surface area contributed by atoms with Crippen LogP contribution in [0.15, 0.2) is 22.0 Å². The molecule has 0 spiro atoms. The number of benzene rings is 1. The van der Waals surface area contributed by atoms with Gasteiger partial charge in [-0.15, -0.1) is 0 Å². The molecule has 1 aromatic rings. The van der Waals surface area contributed by atoms with E-state index in [1.807, 2.05) is 19.9 Å². The van der Waals surface area contributed by atoms with Gasteiger partial charge in [0.1, 0.15) is 0 Å². The van der Waals surface area contributed by atoms with E-state index in [-0.39, 0.29) is 5.91 Å². The number of aryl methyl sites for hydroxylation is 3. The molecule has 1 aromatic carbocycles. The van der Waals surface area contributed by atoms with Crippen LogP contribution in [0.4, 0.5) is 0 Å². The summed E-state index contributed by atoms with van der Waals surface area (Å²) in [6.07, 6.45) is 1.88. The Morgan fingerprint density at radius 2 is 1.82 bits per heavy atom. The van der Waals surface area contributed by atoms with Crippen molar-refractivity contribution < 1.29 is 4.79 Å². The van der Waals surface area contributed by atoms with Crippen LogP contribution in [0, 0.1) is 20.8 Å². The fourth-order valence-corrected chi connectivity index (χ4v) is 2.64. The predicted molar refractivity (Wildman–Crippen MR) is 72.9 cm³/mol. The molecule has 0 radical (unpaired) electrons. The molecule has 4 heteroatoms. The predicted octanol–water partition coefficient (Wildman–Crippen LogP) is 2.54. The van der Waals surface area contributed by atoms with E-state index < -0.39 is 0 Å². The number of nitrogens with two attached hydrogens (primary N) is 1. The minimum absolute atomic E-state index is 0.244. The van der Waals surface area contributed by atoms with Crippen LogP contribution in [0.5, 0.6) is 0 Å². The van der Waals surface area contributed by atoms with Gasteiger partial charge in [0.25, 0.3) is 5.91 Å². The zero-order chi connectivity index (χ0) is 12.6. The molecule has 1 aliphatic rings. The summed E-state index contributed by atoms with van der Waals surface area (Å²) in [6.45, 7) is 6.15. The molecule has 1 aliphatic heterocycles. The maximum atomic E-state index is 11.5. The van der Waals surface area contributed by atoms with Crippen molar-refractivity contribution in [2.24, 2.45) is 10.7 Å². The van der Waals surface area contributed by atoms with Gasteiger partial charge in [0.05, 0.1) is 4.91 Å². The largest absolute Gasteiger partial charge is 0.378 e.